The molecule has 0 saturated heterocycles. The Kier molecular flexibility index (Phi) is 13.8. The third-order valence-electron chi connectivity index (χ3n) is 4.37. The molecule has 0 nitrogen and oxygen atoms in total. The second-order valence-corrected chi connectivity index (χ2v) is 5.82. The van der Waals surface area contributed by atoms with Gasteiger partial charge in [0.15, 0.2) is 0 Å². The Balaban J connectivity index is 0.000000871. The second-order valence-electron chi connectivity index (χ2n) is 5.82. The van der Waals surface area contributed by atoms with Gasteiger partial charge in [0.25, 0.3) is 0 Å². The van der Waals surface area contributed by atoms with E-state index in [-0.39, 0.29) is 0 Å². The van der Waals surface area contributed by atoms with Gasteiger partial charge in [-0.2, -0.15) is 0 Å². The standard InChI is InChI=1S/C19H22.3C2H6/c1-15-7-9-17(10-8-15)19-13-11-18(12-14-19)16-5-3-2-4-6-16;3*1-2/h7-14,16H,2-6H2,1H3;3*1-2H3. The molecule has 1 saturated carbocycles. The summed E-state index contributed by atoms with van der Waals surface area (Å²) in [6, 6.07) is 18.0. The van der Waals surface area contributed by atoms with Gasteiger partial charge >= 0.3 is 0 Å². The van der Waals surface area contributed by atoms with Crippen LogP contribution in [0.5, 0.6) is 0 Å². The molecule has 0 aromatic heterocycles. The molecule has 0 bridgehead atoms. The third-order valence-corrected chi connectivity index (χ3v) is 4.37. The van der Waals surface area contributed by atoms with Crippen LogP contribution < -0.4 is 0 Å². The smallest absolute Gasteiger partial charge is 0.0162 e. The van der Waals surface area contributed by atoms with E-state index in [1.165, 1.54) is 54.4 Å². The van der Waals surface area contributed by atoms with Crippen LogP contribution in [0.2, 0.25) is 0 Å². The van der Waals surface area contributed by atoms with E-state index in [1.54, 1.807) is 0 Å². The average molecular weight is 341 g/mol. The van der Waals surface area contributed by atoms with Gasteiger partial charge in [-0.3, -0.25) is 0 Å². The fourth-order valence-corrected chi connectivity index (χ4v) is 3.13. The van der Waals surface area contributed by atoms with Gasteiger partial charge in [0, 0.05) is 0 Å². The summed E-state index contributed by atoms with van der Waals surface area (Å²) in [6.45, 7) is 14.1. The maximum atomic E-state index is 2.34. The van der Waals surface area contributed by atoms with E-state index in [2.05, 4.69) is 55.5 Å². The Morgan fingerprint density at radius 3 is 1.40 bits per heavy atom. The molecule has 1 aliphatic carbocycles. The fourth-order valence-electron chi connectivity index (χ4n) is 3.13. The zero-order chi connectivity index (χ0) is 19.1. The van der Waals surface area contributed by atoms with Gasteiger partial charge in [-0.05, 0) is 42.4 Å². The number of hydrogen-bond acceptors (Lipinski definition) is 0. The van der Waals surface area contributed by atoms with Crippen molar-refractivity contribution >= 4 is 0 Å². The lowest BCUT2D eigenvalue weighted by Crippen LogP contribution is -2.04. The highest BCUT2D eigenvalue weighted by Gasteiger charge is 2.15. The van der Waals surface area contributed by atoms with Gasteiger partial charge in [0.1, 0.15) is 0 Å². The highest BCUT2D eigenvalue weighted by atomic mass is 14.2. The first-order valence-electron chi connectivity index (χ1n) is 10.5. The summed E-state index contributed by atoms with van der Waals surface area (Å²) in [5, 5.41) is 0. The second kappa shape index (κ2) is 14.8. The SMILES string of the molecule is CC.CC.CC.Cc1ccc(-c2ccc(C3CCCCC3)cc2)cc1. The maximum Gasteiger partial charge on any atom is -0.0162 e. The van der Waals surface area contributed by atoms with Crippen LogP contribution in [-0.2, 0) is 0 Å². The molecule has 2 aromatic carbocycles. The monoisotopic (exact) mass is 340 g/mol. The van der Waals surface area contributed by atoms with Crippen molar-refractivity contribution in [2.45, 2.75) is 86.5 Å². The summed E-state index contributed by atoms with van der Waals surface area (Å²) in [5.74, 6) is 0.806. The summed E-state index contributed by atoms with van der Waals surface area (Å²) in [4.78, 5) is 0. The van der Waals surface area contributed by atoms with Crippen molar-refractivity contribution in [2.75, 3.05) is 0 Å². The van der Waals surface area contributed by atoms with Crippen molar-refractivity contribution in [3.8, 4) is 11.1 Å². The Morgan fingerprint density at radius 1 is 0.560 bits per heavy atom. The molecule has 0 amide bonds. The van der Waals surface area contributed by atoms with E-state index in [4.69, 9.17) is 0 Å². The van der Waals surface area contributed by atoms with Gasteiger partial charge < -0.3 is 0 Å². The maximum absolute atomic E-state index is 2.34. The minimum atomic E-state index is 0.806. The molecule has 0 heterocycles. The summed E-state index contributed by atoms with van der Waals surface area (Å²) in [7, 11) is 0. The summed E-state index contributed by atoms with van der Waals surface area (Å²) in [6.07, 6.45) is 7.00. The minimum Gasteiger partial charge on any atom is -0.0683 e. The molecule has 2 aromatic rings. The van der Waals surface area contributed by atoms with Crippen molar-refractivity contribution in [1.29, 1.82) is 0 Å². The van der Waals surface area contributed by atoms with E-state index >= 15 is 0 Å². The zero-order valence-corrected chi connectivity index (χ0v) is 17.7. The minimum absolute atomic E-state index is 0.806. The largest absolute Gasteiger partial charge is 0.0683 e. The zero-order valence-electron chi connectivity index (χ0n) is 17.7. The Hall–Kier alpha value is -1.56. The topological polar surface area (TPSA) is 0 Å². The first-order valence-corrected chi connectivity index (χ1v) is 10.5. The number of hydrogen-bond donors (Lipinski definition) is 0. The molecular formula is C25H40. The van der Waals surface area contributed by atoms with Crippen LogP contribution >= 0.6 is 0 Å². The number of rotatable bonds is 2. The predicted octanol–water partition coefficient (Wildman–Crippen LogP) is 8.79. The highest BCUT2D eigenvalue weighted by molar-refractivity contribution is 5.64. The molecule has 0 atom stereocenters. The molecule has 25 heavy (non-hydrogen) atoms. The van der Waals surface area contributed by atoms with E-state index in [0.717, 1.165) is 5.92 Å². The fraction of sp³-hybridized carbons (Fsp3) is 0.520. The number of aryl methyl sites for hydroxylation is 1. The quantitative estimate of drug-likeness (QED) is 0.512. The molecule has 0 N–H and O–H groups in total. The van der Waals surface area contributed by atoms with E-state index in [1.807, 2.05) is 41.5 Å². The van der Waals surface area contributed by atoms with Gasteiger partial charge in [-0.15, -0.1) is 0 Å². The van der Waals surface area contributed by atoms with Crippen LogP contribution in [-0.4, -0.2) is 0 Å². The van der Waals surface area contributed by atoms with Gasteiger partial charge in [0.2, 0.25) is 0 Å². The Morgan fingerprint density at radius 2 is 0.960 bits per heavy atom. The normalized spacial score (nSPS) is 13.2. The number of benzene rings is 2. The molecular weight excluding hydrogens is 300 g/mol. The molecule has 0 aliphatic heterocycles. The predicted molar refractivity (Wildman–Crippen MR) is 116 cm³/mol. The molecule has 0 spiro atoms. The van der Waals surface area contributed by atoms with Crippen molar-refractivity contribution in [3.05, 3.63) is 59.7 Å². The Labute approximate surface area is 157 Å². The molecule has 0 unspecified atom stereocenters. The lowest BCUT2D eigenvalue weighted by atomic mass is 9.84. The Bertz CT molecular complexity index is 513. The van der Waals surface area contributed by atoms with Crippen molar-refractivity contribution in [3.63, 3.8) is 0 Å². The first-order chi connectivity index (χ1) is 12.3. The van der Waals surface area contributed by atoms with Gasteiger partial charge in [-0.1, -0.05) is 115 Å². The van der Waals surface area contributed by atoms with Crippen LogP contribution in [0.4, 0.5) is 0 Å². The van der Waals surface area contributed by atoms with Crippen LogP contribution in [0.1, 0.15) is 90.7 Å². The van der Waals surface area contributed by atoms with E-state index in [9.17, 15) is 0 Å². The van der Waals surface area contributed by atoms with Crippen molar-refractivity contribution < 1.29 is 0 Å². The summed E-state index contributed by atoms with van der Waals surface area (Å²) >= 11 is 0. The average Bonchev–Trinajstić information content (AvgIpc) is 2.74. The first kappa shape index (κ1) is 23.4. The van der Waals surface area contributed by atoms with Crippen molar-refractivity contribution in [1.82, 2.24) is 0 Å². The lowest BCUT2D eigenvalue weighted by Gasteiger charge is -2.22. The molecule has 3 rings (SSSR count). The molecule has 0 radical (unpaired) electrons. The third kappa shape index (κ3) is 7.90. The summed E-state index contributed by atoms with van der Waals surface area (Å²) in [5.41, 5.74) is 5.51. The summed E-state index contributed by atoms with van der Waals surface area (Å²) < 4.78 is 0. The van der Waals surface area contributed by atoms with Crippen LogP contribution in [0.25, 0.3) is 11.1 Å². The van der Waals surface area contributed by atoms with Gasteiger partial charge in [-0.25, -0.2) is 0 Å². The van der Waals surface area contributed by atoms with Crippen LogP contribution in [0.15, 0.2) is 48.5 Å². The molecule has 1 fully saturated rings. The van der Waals surface area contributed by atoms with E-state index in [0.29, 0.717) is 0 Å². The van der Waals surface area contributed by atoms with Gasteiger partial charge in [0.05, 0.1) is 0 Å². The molecule has 1 aliphatic rings. The van der Waals surface area contributed by atoms with Crippen LogP contribution in [0.3, 0.4) is 0 Å². The lowest BCUT2D eigenvalue weighted by molar-refractivity contribution is 0.443. The molecule has 0 heteroatoms. The van der Waals surface area contributed by atoms with Crippen molar-refractivity contribution in [2.24, 2.45) is 0 Å². The van der Waals surface area contributed by atoms with E-state index < -0.39 is 0 Å². The highest BCUT2D eigenvalue weighted by Crippen LogP contribution is 2.33. The molecule has 140 valence electrons. The van der Waals surface area contributed by atoms with Crippen LogP contribution in [0, 0.1) is 6.92 Å².